The van der Waals surface area contributed by atoms with Gasteiger partial charge in [0.2, 0.25) is 0 Å². The van der Waals surface area contributed by atoms with E-state index < -0.39 is 0 Å². The van der Waals surface area contributed by atoms with Crippen LogP contribution in [0, 0.1) is 0 Å². The third-order valence-corrected chi connectivity index (χ3v) is 3.31. The molecule has 1 unspecified atom stereocenters. The SMILES string of the molecule is CC(C)(C)c1ccc(CNC2CCOC2=O)cc1. The van der Waals surface area contributed by atoms with Gasteiger partial charge in [-0.2, -0.15) is 0 Å². The number of hydrogen-bond acceptors (Lipinski definition) is 3. The molecule has 0 bridgehead atoms. The van der Waals surface area contributed by atoms with Crippen LogP contribution >= 0.6 is 0 Å². The summed E-state index contributed by atoms with van der Waals surface area (Å²) in [6.07, 6.45) is 0.777. The lowest BCUT2D eigenvalue weighted by atomic mass is 9.87. The van der Waals surface area contributed by atoms with Gasteiger partial charge in [-0.3, -0.25) is 4.79 Å². The predicted molar refractivity (Wildman–Crippen MR) is 71.3 cm³/mol. The molecular formula is C15H21NO2. The molecule has 1 aromatic carbocycles. The summed E-state index contributed by atoms with van der Waals surface area (Å²) in [4.78, 5) is 11.3. The Morgan fingerprint density at radius 3 is 2.44 bits per heavy atom. The number of nitrogens with one attached hydrogen (secondary N) is 1. The maximum absolute atomic E-state index is 11.3. The summed E-state index contributed by atoms with van der Waals surface area (Å²) in [5.41, 5.74) is 2.70. The number of hydrogen-bond donors (Lipinski definition) is 1. The molecule has 1 atom stereocenters. The van der Waals surface area contributed by atoms with Gasteiger partial charge in [-0.05, 0) is 16.5 Å². The second-order valence-corrected chi connectivity index (χ2v) is 5.84. The van der Waals surface area contributed by atoms with E-state index in [0.717, 1.165) is 6.42 Å². The second-order valence-electron chi connectivity index (χ2n) is 5.84. The zero-order valence-corrected chi connectivity index (χ0v) is 11.3. The molecule has 3 heteroatoms. The minimum atomic E-state index is -0.132. The molecule has 0 spiro atoms. The topological polar surface area (TPSA) is 38.3 Å². The molecule has 2 rings (SSSR count). The summed E-state index contributed by atoms with van der Waals surface area (Å²) in [7, 11) is 0. The number of cyclic esters (lactones) is 1. The number of benzene rings is 1. The Morgan fingerprint density at radius 2 is 1.94 bits per heavy atom. The van der Waals surface area contributed by atoms with Gasteiger partial charge in [-0.15, -0.1) is 0 Å². The minimum Gasteiger partial charge on any atom is -0.464 e. The molecule has 0 saturated carbocycles. The van der Waals surface area contributed by atoms with Crippen LogP contribution in [0.2, 0.25) is 0 Å². The molecule has 98 valence electrons. The van der Waals surface area contributed by atoms with E-state index in [9.17, 15) is 4.79 Å². The van der Waals surface area contributed by atoms with Gasteiger partial charge < -0.3 is 10.1 Å². The smallest absolute Gasteiger partial charge is 0.323 e. The maximum atomic E-state index is 11.3. The molecule has 1 saturated heterocycles. The van der Waals surface area contributed by atoms with Gasteiger partial charge >= 0.3 is 5.97 Å². The fraction of sp³-hybridized carbons (Fsp3) is 0.533. The van der Waals surface area contributed by atoms with Crippen LogP contribution in [0.1, 0.15) is 38.3 Å². The van der Waals surface area contributed by atoms with E-state index in [-0.39, 0.29) is 17.4 Å². The number of ether oxygens (including phenoxy) is 1. The van der Waals surface area contributed by atoms with Crippen LogP contribution in [0.15, 0.2) is 24.3 Å². The van der Waals surface area contributed by atoms with Crippen molar-refractivity contribution in [2.24, 2.45) is 0 Å². The maximum Gasteiger partial charge on any atom is 0.323 e. The molecule has 1 aromatic rings. The summed E-state index contributed by atoms with van der Waals surface area (Å²) < 4.78 is 4.92. The fourth-order valence-electron chi connectivity index (χ4n) is 2.04. The van der Waals surface area contributed by atoms with Crippen LogP contribution in [0.25, 0.3) is 0 Å². The monoisotopic (exact) mass is 247 g/mol. The Kier molecular flexibility index (Phi) is 3.71. The van der Waals surface area contributed by atoms with E-state index in [0.29, 0.717) is 13.2 Å². The van der Waals surface area contributed by atoms with Crippen LogP contribution in [0.3, 0.4) is 0 Å². The zero-order valence-electron chi connectivity index (χ0n) is 11.3. The highest BCUT2D eigenvalue weighted by Gasteiger charge is 2.25. The van der Waals surface area contributed by atoms with Crippen molar-refractivity contribution in [1.82, 2.24) is 5.32 Å². The summed E-state index contributed by atoms with van der Waals surface area (Å²) in [6.45, 7) is 7.86. The van der Waals surface area contributed by atoms with Gasteiger partial charge in [-0.1, -0.05) is 45.0 Å². The van der Waals surface area contributed by atoms with Gasteiger partial charge in [0.1, 0.15) is 6.04 Å². The molecule has 18 heavy (non-hydrogen) atoms. The van der Waals surface area contributed by atoms with Crippen LogP contribution < -0.4 is 5.32 Å². The van der Waals surface area contributed by atoms with Gasteiger partial charge in [0.15, 0.2) is 0 Å². The van der Waals surface area contributed by atoms with Crippen LogP contribution in [0.4, 0.5) is 0 Å². The zero-order chi connectivity index (χ0) is 13.2. The summed E-state index contributed by atoms with van der Waals surface area (Å²) >= 11 is 0. The van der Waals surface area contributed by atoms with E-state index in [1.54, 1.807) is 0 Å². The second kappa shape index (κ2) is 5.11. The Hall–Kier alpha value is -1.35. The highest BCUT2D eigenvalue weighted by Crippen LogP contribution is 2.22. The van der Waals surface area contributed by atoms with Gasteiger partial charge in [-0.25, -0.2) is 0 Å². The predicted octanol–water partition coefficient (Wildman–Crippen LogP) is 2.39. The van der Waals surface area contributed by atoms with Crippen molar-refractivity contribution in [3.05, 3.63) is 35.4 Å². The Bertz CT molecular complexity index is 417. The Balaban J connectivity index is 1.92. The van der Waals surface area contributed by atoms with E-state index >= 15 is 0 Å². The molecule has 1 aliphatic heterocycles. The highest BCUT2D eigenvalue weighted by atomic mass is 16.5. The van der Waals surface area contributed by atoms with Crippen molar-refractivity contribution < 1.29 is 9.53 Å². The van der Waals surface area contributed by atoms with E-state index in [2.05, 4.69) is 50.4 Å². The third kappa shape index (κ3) is 3.10. The summed E-state index contributed by atoms with van der Waals surface area (Å²) in [5, 5.41) is 3.23. The highest BCUT2D eigenvalue weighted by molar-refractivity contribution is 5.77. The first kappa shape index (κ1) is 13.1. The van der Waals surface area contributed by atoms with E-state index in [1.807, 2.05) is 0 Å². The fourth-order valence-corrected chi connectivity index (χ4v) is 2.04. The molecule has 1 fully saturated rings. The van der Waals surface area contributed by atoms with Crippen molar-refractivity contribution in [3.8, 4) is 0 Å². The van der Waals surface area contributed by atoms with Crippen molar-refractivity contribution in [3.63, 3.8) is 0 Å². The first-order chi connectivity index (χ1) is 8.47. The Labute approximate surface area is 109 Å². The number of carbonyl (C=O) groups is 1. The van der Waals surface area contributed by atoms with Gasteiger partial charge in [0.05, 0.1) is 6.61 Å². The molecule has 1 N–H and O–H groups in total. The molecule has 3 nitrogen and oxygen atoms in total. The molecule has 0 radical (unpaired) electrons. The lowest BCUT2D eigenvalue weighted by molar-refractivity contribution is -0.139. The van der Waals surface area contributed by atoms with Crippen LogP contribution in [-0.4, -0.2) is 18.6 Å². The van der Waals surface area contributed by atoms with Crippen LogP contribution in [0.5, 0.6) is 0 Å². The van der Waals surface area contributed by atoms with E-state index in [1.165, 1.54) is 11.1 Å². The first-order valence-corrected chi connectivity index (χ1v) is 6.46. The standard InChI is InChI=1S/C15H21NO2/c1-15(2,3)12-6-4-11(5-7-12)10-16-13-8-9-18-14(13)17/h4-7,13,16H,8-10H2,1-3H3. The molecule has 1 heterocycles. The van der Waals surface area contributed by atoms with Crippen LogP contribution in [-0.2, 0) is 21.5 Å². The number of esters is 1. The van der Waals surface area contributed by atoms with Crippen molar-refractivity contribution in [1.29, 1.82) is 0 Å². The van der Waals surface area contributed by atoms with Crippen molar-refractivity contribution in [2.75, 3.05) is 6.61 Å². The lowest BCUT2D eigenvalue weighted by Gasteiger charge is -2.19. The quantitative estimate of drug-likeness (QED) is 0.833. The van der Waals surface area contributed by atoms with Crippen molar-refractivity contribution in [2.45, 2.75) is 45.2 Å². The van der Waals surface area contributed by atoms with Gasteiger partial charge in [0.25, 0.3) is 0 Å². The van der Waals surface area contributed by atoms with Crippen molar-refractivity contribution >= 4 is 5.97 Å². The first-order valence-electron chi connectivity index (χ1n) is 6.46. The summed E-state index contributed by atoms with van der Waals surface area (Å²) in [6, 6.07) is 8.42. The minimum absolute atomic E-state index is 0.124. The molecule has 1 aliphatic rings. The molecule has 0 aromatic heterocycles. The molecular weight excluding hydrogens is 226 g/mol. The number of rotatable bonds is 3. The normalized spacial score (nSPS) is 19.9. The lowest BCUT2D eigenvalue weighted by Crippen LogP contribution is -2.32. The molecule has 0 amide bonds. The average Bonchev–Trinajstić information content (AvgIpc) is 2.72. The van der Waals surface area contributed by atoms with Gasteiger partial charge in [0, 0.05) is 13.0 Å². The van der Waals surface area contributed by atoms with E-state index in [4.69, 9.17) is 4.74 Å². The molecule has 0 aliphatic carbocycles. The largest absolute Gasteiger partial charge is 0.464 e. The average molecular weight is 247 g/mol. The Morgan fingerprint density at radius 1 is 1.28 bits per heavy atom. The number of carbonyl (C=O) groups excluding carboxylic acids is 1. The third-order valence-electron chi connectivity index (χ3n) is 3.31. The summed E-state index contributed by atoms with van der Waals surface area (Å²) in [5.74, 6) is -0.124.